The number of nitrogens with zero attached hydrogens (tertiary/aromatic N) is 1. The lowest BCUT2D eigenvalue weighted by Crippen LogP contribution is -2.44. The molecule has 1 amide bonds. The molecule has 0 unspecified atom stereocenters. The number of amides is 1. The Kier molecular flexibility index (Phi) is 7.44. The van der Waals surface area contributed by atoms with Gasteiger partial charge in [-0.25, -0.2) is 0 Å². The first-order valence-corrected chi connectivity index (χ1v) is 9.93. The number of carbonyl (C=O) groups excluding carboxylic acids is 1. The van der Waals surface area contributed by atoms with Crippen LogP contribution in [0, 0.1) is 5.92 Å². The van der Waals surface area contributed by atoms with E-state index in [1.54, 1.807) is 11.8 Å². The molecule has 0 bridgehead atoms. The Morgan fingerprint density at radius 1 is 1.26 bits per heavy atom. The monoisotopic (exact) mass is 334 g/mol. The van der Waals surface area contributed by atoms with Crippen LogP contribution in [0.4, 0.5) is 0 Å². The Hall–Kier alpha value is -1.00. The summed E-state index contributed by atoms with van der Waals surface area (Å²) in [7, 11) is 2.02. The smallest absolute Gasteiger partial charge is 0.237 e. The molecule has 4 heteroatoms. The van der Waals surface area contributed by atoms with Crippen molar-refractivity contribution in [1.82, 2.24) is 10.2 Å². The second-order valence-electron chi connectivity index (χ2n) is 6.69. The molecule has 1 aromatic carbocycles. The van der Waals surface area contributed by atoms with E-state index in [1.165, 1.54) is 42.6 Å². The molecule has 0 saturated heterocycles. The molecular formula is C19H30N2OS. The largest absolute Gasteiger partial charge is 0.354 e. The Morgan fingerprint density at radius 3 is 2.52 bits per heavy atom. The van der Waals surface area contributed by atoms with Crippen LogP contribution >= 0.6 is 11.8 Å². The first-order chi connectivity index (χ1) is 11.1. The van der Waals surface area contributed by atoms with Crippen LogP contribution in [-0.2, 0) is 11.3 Å². The van der Waals surface area contributed by atoms with E-state index < -0.39 is 0 Å². The third-order valence-electron chi connectivity index (χ3n) is 4.92. The maximum Gasteiger partial charge on any atom is 0.237 e. The minimum atomic E-state index is -0.0983. The molecule has 128 valence electrons. The van der Waals surface area contributed by atoms with Crippen molar-refractivity contribution in [3.8, 4) is 0 Å². The van der Waals surface area contributed by atoms with Crippen LogP contribution in [-0.4, -0.2) is 36.7 Å². The van der Waals surface area contributed by atoms with Crippen molar-refractivity contribution in [1.29, 1.82) is 0 Å². The summed E-state index contributed by atoms with van der Waals surface area (Å²) in [4.78, 5) is 15.7. The molecule has 1 saturated carbocycles. The van der Waals surface area contributed by atoms with Gasteiger partial charge in [-0.05, 0) is 56.7 Å². The van der Waals surface area contributed by atoms with Crippen LogP contribution in [0.5, 0.6) is 0 Å². The van der Waals surface area contributed by atoms with Crippen LogP contribution < -0.4 is 5.32 Å². The lowest BCUT2D eigenvalue weighted by atomic mass is 9.89. The van der Waals surface area contributed by atoms with Gasteiger partial charge in [0.1, 0.15) is 0 Å². The van der Waals surface area contributed by atoms with Crippen LogP contribution in [0.2, 0.25) is 0 Å². The molecule has 2 rings (SSSR count). The third kappa shape index (κ3) is 5.85. The van der Waals surface area contributed by atoms with Gasteiger partial charge >= 0.3 is 0 Å². The number of benzene rings is 1. The fraction of sp³-hybridized carbons (Fsp3) is 0.632. The zero-order valence-corrected chi connectivity index (χ0v) is 15.5. The molecule has 1 atom stereocenters. The lowest BCUT2D eigenvalue weighted by molar-refractivity contribution is -0.125. The third-order valence-corrected chi connectivity index (χ3v) is 5.66. The summed E-state index contributed by atoms with van der Waals surface area (Å²) in [5.41, 5.74) is 1.25. The first-order valence-electron chi connectivity index (χ1n) is 8.71. The van der Waals surface area contributed by atoms with Crippen LogP contribution in [0.1, 0.15) is 44.6 Å². The van der Waals surface area contributed by atoms with E-state index in [-0.39, 0.29) is 11.9 Å². The van der Waals surface area contributed by atoms with Gasteiger partial charge in [-0.2, -0.15) is 0 Å². The van der Waals surface area contributed by atoms with E-state index in [2.05, 4.69) is 40.7 Å². The van der Waals surface area contributed by atoms with E-state index in [4.69, 9.17) is 0 Å². The fourth-order valence-corrected chi connectivity index (χ4v) is 3.55. The zero-order chi connectivity index (χ0) is 16.7. The van der Waals surface area contributed by atoms with Gasteiger partial charge in [-0.15, -0.1) is 11.8 Å². The Balaban J connectivity index is 1.77. The second kappa shape index (κ2) is 9.33. The standard InChI is InChI=1S/C19H30N2OS/c1-15(19(22)20-13-16-7-5-4-6-8-16)21(2)14-17-9-11-18(23-3)12-10-17/h9-12,15-16H,4-8,13-14H2,1-3H3,(H,20,22)/t15-/m1/s1. The first kappa shape index (κ1) is 18.3. The van der Waals surface area contributed by atoms with Crippen molar-refractivity contribution >= 4 is 17.7 Å². The highest BCUT2D eigenvalue weighted by Gasteiger charge is 2.20. The molecule has 0 spiro atoms. The van der Waals surface area contributed by atoms with Crippen LogP contribution in [0.25, 0.3) is 0 Å². The maximum absolute atomic E-state index is 12.4. The predicted molar refractivity (Wildman–Crippen MR) is 98.7 cm³/mol. The number of likely N-dealkylation sites (N-methyl/N-ethyl adjacent to an activating group) is 1. The van der Waals surface area contributed by atoms with Crippen LogP contribution in [0.3, 0.4) is 0 Å². The summed E-state index contributed by atoms with van der Waals surface area (Å²) in [6.45, 7) is 3.64. The zero-order valence-electron chi connectivity index (χ0n) is 14.7. The van der Waals surface area contributed by atoms with Gasteiger partial charge < -0.3 is 5.32 Å². The van der Waals surface area contributed by atoms with Gasteiger partial charge in [-0.3, -0.25) is 9.69 Å². The van der Waals surface area contributed by atoms with Crippen molar-refractivity contribution < 1.29 is 4.79 Å². The highest BCUT2D eigenvalue weighted by atomic mass is 32.2. The molecule has 0 aliphatic heterocycles. The molecule has 0 aromatic heterocycles. The van der Waals surface area contributed by atoms with Crippen molar-refractivity contribution in [2.75, 3.05) is 19.8 Å². The Labute approximate surface area is 145 Å². The van der Waals surface area contributed by atoms with E-state index >= 15 is 0 Å². The number of nitrogens with one attached hydrogen (secondary N) is 1. The number of hydrogen-bond acceptors (Lipinski definition) is 3. The molecule has 23 heavy (non-hydrogen) atoms. The normalized spacial score (nSPS) is 17.2. The fourth-order valence-electron chi connectivity index (χ4n) is 3.14. The summed E-state index contributed by atoms with van der Waals surface area (Å²) < 4.78 is 0. The van der Waals surface area contributed by atoms with Crippen molar-refractivity contribution in [2.24, 2.45) is 5.92 Å². The second-order valence-corrected chi connectivity index (χ2v) is 7.57. The molecule has 0 heterocycles. The number of hydrogen-bond donors (Lipinski definition) is 1. The molecule has 1 aliphatic rings. The average Bonchev–Trinajstić information content (AvgIpc) is 2.60. The Morgan fingerprint density at radius 2 is 1.91 bits per heavy atom. The molecular weight excluding hydrogens is 304 g/mol. The average molecular weight is 335 g/mol. The highest BCUT2D eigenvalue weighted by Crippen LogP contribution is 2.22. The van der Waals surface area contributed by atoms with Crippen molar-refractivity contribution in [3.63, 3.8) is 0 Å². The van der Waals surface area contributed by atoms with Gasteiger partial charge in [0.25, 0.3) is 0 Å². The molecule has 1 fully saturated rings. The van der Waals surface area contributed by atoms with Gasteiger partial charge in [0.2, 0.25) is 5.91 Å². The summed E-state index contributed by atoms with van der Waals surface area (Å²) in [5.74, 6) is 0.836. The van der Waals surface area contributed by atoms with Crippen molar-refractivity contribution in [3.05, 3.63) is 29.8 Å². The topological polar surface area (TPSA) is 32.3 Å². The SMILES string of the molecule is CSc1ccc(CN(C)[C@H](C)C(=O)NCC2CCCCC2)cc1. The Bertz CT molecular complexity index is 483. The molecule has 1 aromatic rings. The summed E-state index contributed by atoms with van der Waals surface area (Å²) >= 11 is 1.75. The minimum absolute atomic E-state index is 0.0983. The molecule has 3 nitrogen and oxygen atoms in total. The highest BCUT2D eigenvalue weighted by molar-refractivity contribution is 7.98. The molecule has 1 N–H and O–H groups in total. The van der Waals surface area contributed by atoms with E-state index in [9.17, 15) is 4.79 Å². The summed E-state index contributed by atoms with van der Waals surface area (Å²) in [6.07, 6.45) is 8.63. The van der Waals surface area contributed by atoms with Gasteiger partial charge in [-0.1, -0.05) is 31.4 Å². The minimum Gasteiger partial charge on any atom is -0.354 e. The van der Waals surface area contributed by atoms with E-state index in [0.29, 0.717) is 5.92 Å². The maximum atomic E-state index is 12.4. The lowest BCUT2D eigenvalue weighted by Gasteiger charge is -2.26. The van der Waals surface area contributed by atoms with Gasteiger partial charge in [0.05, 0.1) is 6.04 Å². The summed E-state index contributed by atoms with van der Waals surface area (Å²) in [6, 6.07) is 8.48. The van der Waals surface area contributed by atoms with Gasteiger partial charge in [0.15, 0.2) is 0 Å². The number of thioether (sulfide) groups is 1. The van der Waals surface area contributed by atoms with E-state index in [0.717, 1.165) is 13.1 Å². The quantitative estimate of drug-likeness (QED) is 0.767. The summed E-state index contributed by atoms with van der Waals surface area (Å²) in [5, 5.41) is 3.15. The number of carbonyl (C=O) groups is 1. The molecule has 0 radical (unpaired) electrons. The number of rotatable bonds is 7. The van der Waals surface area contributed by atoms with Gasteiger partial charge in [0, 0.05) is 18.0 Å². The molecule has 1 aliphatic carbocycles. The van der Waals surface area contributed by atoms with E-state index in [1.807, 2.05) is 14.0 Å². The van der Waals surface area contributed by atoms with Crippen LogP contribution in [0.15, 0.2) is 29.2 Å². The predicted octanol–water partition coefficient (Wildman–Crippen LogP) is 3.93. The van der Waals surface area contributed by atoms with Crippen molar-refractivity contribution in [2.45, 2.75) is 56.5 Å².